The van der Waals surface area contributed by atoms with E-state index in [1.165, 1.54) is 6.20 Å². The third kappa shape index (κ3) is 4.31. The number of amides is 2. The number of hydrogen-bond donors (Lipinski definition) is 2. The molecule has 6 nitrogen and oxygen atoms in total. The predicted octanol–water partition coefficient (Wildman–Crippen LogP) is 1.65. The molecule has 0 radical (unpaired) electrons. The first-order chi connectivity index (χ1) is 10.6. The molecule has 1 aromatic carbocycles. The van der Waals surface area contributed by atoms with Gasteiger partial charge in [0.15, 0.2) is 0 Å². The van der Waals surface area contributed by atoms with E-state index in [9.17, 15) is 9.59 Å². The smallest absolute Gasteiger partial charge is 0.269 e. The highest BCUT2D eigenvalue weighted by Crippen LogP contribution is 2.23. The SMILES string of the molecule is CNC(=O)c1cc(Oc2cccc(CCC(N)=O)c2)ccn1. The Morgan fingerprint density at radius 3 is 2.73 bits per heavy atom. The summed E-state index contributed by atoms with van der Waals surface area (Å²) in [6, 6.07) is 10.6. The first kappa shape index (κ1) is 15.5. The van der Waals surface area contributed by atoms with Crippen molar-refractivity contribution in [1.29, 1.82) is 0 Å². The molecule has 6 heteroatoms. The predicted molar refractivity (Wildman–Crippen MR) is 81.7 cm³/mol. The molecular formula is C16H17N3O3. The van der Waals surface area contributed by atoms with Crippen molar-refractivity contribution >= 4 is 11.8 Å². The average molecular weight is 299 g/mol. The third-order valence-electron chi connectivity index (χ3n) is 2.99. The molecule has 0 unspecified atom stereocenters. The van der Waals surface area contributed by atoms with Crippen LogP contribution in [-0.4, -0.2) is 23.8 Å². The van der Waals surface area contributed by atoms with Gasteiger partial charge in [-0.25, -0.2) is 0 Å². The Hall–Kier alpha value is -2.89. The second-order valence-corrected chi connectivity index (χ2v) is 4.67. The van der Waals surface area contributed by atoms with Gasteiger partial charge in [0.25, 0.3) is 5.91 Å². The highest BCUT2D eigenvalue weighted by Gasteiger charge is 2.07. The largest absolute Gasteiger partial charge is 0.457 e. The number of carbonyl (C=O) groups excluding carboxylic acids is 2. The molecule has 1 heterocycles. The van der Waals surface area contributed by atoms with Crippen molar-refractivity contribution in [2.75, 3.05) is 7.05 Å². The number of hydrogen-bond acceptors (Lipinski definition) is 4. The zero-order valence-electron chi connectivity index (χ0n) is 12.2. The second-order valence-electron chi connectivity index (χ2n) is 4.67. The lowest BCUT2D eigenvalue weighted by Gasteiger charge is -2.08. The molecule has 0 aliphatic rings. The summed E-state index contributed by atoms with van der Waals surface area (Å²) in [4.78, 5) is 26.3. The molecule has 0 bridgehead atoms. The fourth-order valence-electron chi connectivity index (χ4n) is 1.89. The fourth-order valence-corrected chi connectivity index (χ4v) is 1.89. The average Bonchev–Trinajstić information content (AvgIpc) is 2.53. The minimum Gasteiger partial charge on any atom is -0.457 e. The Labute approximate surface area is 128 Å². The van der Waals surface area contributed by atoms with Crippen molar-refractivity contribution in [3.05, 3.63) is 53.9 Å². The second kappa shape index (κ2) is 7.21. The molecule has 2 rings (SSSR count). The fraction of sp³-hybridized carbons (Fsp3) is 0.188. The van der Waals surface area contributed by atoms with Gasteiger partial charge < -0.3 is 15.8 Å². The maximum Gasteiger partial charge on any atom is 0.269 e. The molecule has 0 aliphatic carbocycles. The van der Waals surface area contributed by atoms with Crippen molar-refractivity contribution < 1.29 is 14.3 Å². The van der Waals surface area contributed by atoms with Gasteiger partial charge in [-0.1, -0.05) is 12.1 Å². The monoisotopic (exact) mass is 299 g/mol. The topological polar surface area (TPSA) is 94.3 Å². The van der Waals surface area contributed by atoms with Crippen LogP contribution in [0.5, 0.6) is 11.5 Å². The maximum absolute atomic E-state index is 11.5. The number of aryl methyl sites for hydroxylation is 1. The lowest BCUT2D eigenvalue weighted by Crippen LogP contribution is -2.18. The summed E-state index contributed by atoms with van der Waals surface area (Å²) in [6.07, 6.45) is 2.36. The molecule has 0 spiro atoms. The van der Waals surface area contributed by atoms with Gasteiger partial charge in [-0.05, 0) is 30.2 Å². The van der Waals surface area contributed by atoms with Crippen LogP contribution in [0, 0.1) is 0 Å². The Kier molecular flexibility index (Phi) is 5.08. The molecule has 1 aromatic heterocycles. The number of aromatic nitrogens is 1. The van der Waals surface area contributed by atoms with Gasteiger partial charge in [-0.2, -0.15) is 0 Å². The number of rotatable bonds is 6. The first-order valence-corrected chi connectivity index (χ1v) is 6.81. The van der Waals surface area contributed by atoms with Gasteiger partial charge in [0.05, 0.1) is 0 Å². The first-order valence-electron chi connectivity index (χ1n) is 6.81. The zero-order chi connectivity index (χ0) is 15.9. The standard InChI is InChI=1S/C16H17N3O3/c1-18-16(21)14-10-13(7-8-19-14)22-12-4-2-3-11(9-12)5-6-15(17)20/h2-4,7-10H,5-6H2,1H3,(H2,17,20)(H,18,21). The summed E-state index contributed by atoms with van der Waals surface area (Å²) in [7, 11) is 1.54. The normalized spacial score (nSPS) is 10.0. The molecular weight excluding hydrogens is 282 g/mol. The minimum absolute atomic E-state index is 0.277. The van der Waals surface area contributed by atoms with Crippen molar-refractivity contribution in [3.8, 4) is 11.5 Å². The molecule has 0 atom stereocenters. The molecule has 0 fully saturated rings. The lowest BCUT2D eigenvalue weighted by molar-refractivity contribution is -0.117. The van der Waals surface area contributed by atoms with E-state index in [-0.39, 0.29) is 17.5 Å². The Bertz CT molecular complexity index is 686. The van der Waals surface area contributed by atoms with E-state index >= 15 is 0 Å². The molecule has 0 saturated carbocycles. The van der Waals surface area contributed by atoms with Crippen molar-refractivity contribution in [1.82, 2.24) is 10.3 Å². The molecule has 114 valence electrons. The highest BCUT2D eigenvalue weighted by molar-refractivity contribution is 5.92. The van der Waals surface area contributed by atoms with Crippen LogP contribution in [-0.2, 0) is 11.2 Å². The van der Waals surface area contributed by atoms with Gasteiger partial charge in [0.1, 0.15) is 17.2 Å². The number of pyridine rings is 1. The van der Waals surface area contributed by atoms with Crippen molar-refractivity contribution in [2.24, 2.45) is 5.73 Å². The highest BCUT2D eigenvalue weighted by atomic mass is 16.5. The Morgan fingerprint density at radius 2 is 2.00 bits per heavy atom. The molecule has 2 amide bonds. The molecule has 3 N–H and O–H groups in total. The third-order valence-corrected chi connectivity index (χ3v) is 2.99. The number of benzene rings is 1. The van der Waals surface area contributed by atoms with Crippen molar-refractivity contribution in [3.63, 3.8) is 0 Å². The van der Waals surface area contributed by atoms with E-state index < -0.39 is 0 Å². The minimum atomic E-state index is -0.337. The zero-order valence-corrected chi connectivity index (χ0v) is 12.2. The maximum atomic E-state index is 11.5. The molecule has 0 aliphatic heterocycles. The van der Waals surface area contributed by atoms with E-state index in [4.69, 9.17) is 10.5 Å². The number of nitrogens with zero attached hydrogens (tertiary/aromatic N) is 1. The number of nitrogens with two attached hydrogens (primary N) is 1. The van der Waals surface area contributed by atoms with Crippen molar-refractivity contribution in [2.45, 2.75) is 12.8 Å². The van der Waals surface area contributed by atoms with Crippen LogP contribution in [0.15, 0.2) is 42.6 Å². The van der Waals surface area contributed by atoms with E-state index in [0.29, 0.717) is 24.3 Å². The number of carbonyl (C=O) groups is 2. The van der Waals surface area contributed by atoms with Gasteiger partial charge in [0, 0.05) is 25.7 Å². The van der Waals surface area contributed by atoms with E-state index in [2.05, 4.69) is 10.3 Å². The van der Waals surface area contributed by atoms with E-state index in [1.54, 1.807) is 25.2 Å². The summed E-state index contributed by atoms with van der Waals surface area (Å²) < 4.78 is 5.72. The summed E-state index contributed by atoms with van der Waals surface area (Å²) in [5.74, 6) is 0.521. The molecule has 22 heavy (non-hydrogen) atoms. The summed E-state index contributed by atoms with van der Waals surface area (Å²) >= 11 is 0. The lowest BCUT2D eigenvalue weighted by atomic mass is 10.1. The van der Waals surface area contributed by atoms with Crippen LogP contribution in [0.1, 0.15) is 22.5 Å². The number of ether oxygens (including phenoxy) is 1. The molecule has 0 saturated heterocycles. The van der Waals surface area contributed by atoms with Crippen LogP contribution in [0.2, 0.25) is 0 Å². The van der Waals surface area contributed by atoms with Gasteiger partial charge in [-0.3, -0.25) is 14.6 Å². The van der Waals surface area contributed by atoms with Crippen LogP contribution in [0.3, 0.4) is 0 Å². The Morgan fingerprint density at radius 1 is 1.23 bits per heavy atom. The van der Waals surface area contributed by atoms with Gasteiger partial charge in [0.2, 0.25) is 5.91 Å². The summed E-state index contributed by atoms with van der Waals surface area (Å²) in [6.45, 7) is 0. The molecule has 2 aromatic rings. The summed E-state index contributed by atoms with van der Waals surface area (Å²) in [5, 5.41) is 2.51. The van der Waals surface area contributed by atoms with Crippen LogP contribution in [0.25, 0.3) is 0 Å². The van der Waals surface area contributed by atoms with Gasteiger partial charge >= 0.3 is 0 Å². The number of nitrogens with one attached hydrogen (secondary N) is 1. The summed E-state index contributed by atoms with van der Waals surface area (Å²) in [5.41, 5.74) is 6.38. The Balaban J connectivity index is 2.12. The van der Waals surface area contributed by atoms with E-state index in [1.807, 2.05) is 18.2 Å². The van der Waals surface area contributed by atoms with Crippen LogP contribution >= 0.6 is 0 Å². The van der Waals surface area contributed by atoms with E-state index in [0.717, 1.165) is 5.56 Å². The number of primary amides is 1. The van der Waals surface area contributed by atoms with Gasteiger partial charge in [-0.15, -0.1) is 0 Å². The quantitative estimate of drug-likeness (QED) is 0.848. The van der Waals surface area contributed by atoms with Crippen LogP contribution < -0.4 is 15.8 Å². The van der Waals surface area contributed by atoms with Crippen LogP contribution in [0.4, 0.5) is 0 Å².